The molecular formula is C11H15N3O2. The zero-order chi connectivity index (χ0) is 11.9. The average molecular weight is 221 g/mol. The number of hydrogen-bond acceptors (Lipinski definition) is 4. The molecule has 0 amide bonds. The fourth-order valence-corrected chi connectivity index (χ4v) is 2.04. The molecule has 0 fully saturated rings. The molecule has 1 aliphatic heterocycles. The number of fused-ring (bicyclic) bond motifs is 1. The molecule has 0 spiro atoms. The summed E-state index contributed by atoms with van der Waals surface area (Å²) in [5, 5.41) is 0. The molecule has 5 nitrogen and oxygen atoms in total. The largest absolute Gasteiger partial charge is 0.322 e. The van der Waals surface area contributed by atoms with Gasteiger partial charge < -0.3 is 4.57 Å². The summed E-state index contributed by atoms with van der Waals surface area (Å²) in [5.74, 6) is 0.248. The van der Waals surface area contributed by atoms with Gasteiger partial charge in [-0.05, 0) is 7.05 Å². The second-order valence-electron chi connectivity index (χ2n) is 4.23. The molecule has 0 saturated carbocycles. The fraction of sp³-hybridized carbons (Fsp3) is 0.545. The van der Waals surface area contributed by atoms with Crippen molar-refractivity contribution in [2.24, 2.45) is 0 Å². The highest BCUT2D eigenvalue weighted by Crippen LogP contribution is 2.19. The molecule has 0 saturated heterocycles. The number of imidazole rings is 1. The van der Waals surface area contributed by atoms with Crippen LogP contribution in [-0.2, 0) is 13.1 Å². The van der Waals surface area contributed by atoms with Crippen LogP contribution in [0.3, 0.4) is 0 Å². The summed E-state index contributed by atoms with van der Waals surface area (Å²) in [6.07, 6.45) is 0. The molecular weight excluding hydrogens is 206 g/mol. The molecule has 5 heteroatoms. The molecule has 1 aromatic heterocycles. The van der Waals surface area contributed by atoms with Crippen molar-refractivity contribution in [3.63, 3.8) is 0 Å². The van der Waals surface area contributed by atoms with Crippen LogP contribution >= 0.6 is 0 Å². The molecule has 1 aromatic rings. The van der Waals surface area contributed by atoms with Crippen LogP contribution in [0.25, 0.3) is 0 Å². The van der Waals surface area contributed by atoms with E-state index in [1.165, 1.54) is 13.8 Å². The van der Waals surface area contributed by atoms with E-state index in [0.717, 1.165) is 18.8 Å². The molecule has 0 bridgehead atoms. The molecule has 0 atom stereocenters. The van der Waals surface area contributed by atoms with E-state index in [1.54, 1.807) is 0 Å². The highest BCUT2D eigenvalue weighted by atomic mass is 16.1. The van der Waals surface area contributed by atoms with Crippen LogP contribution in [0, 0.1) is 0 Å². The first-order valence-corrected chi connectivity index (χ1v) is 5.30. The van der Waals surface area contributed by atoms with Crippen molar-refractivity contribution in [3.05, 3.63) is 17.2 Å². The Labute approximate surface area is 94.1 Å². The van der Waals surface area contributed by atoms with Crippen LogP contribution in [0.4, 0.5) is 0 Å². The third-order valence-electron chi connectivity index (χ3n) is 2.85. The van der Waals surface area contributed by atoms with Crippen molar-refractivity contribution in [3.8, 4) is 0 Å². The Morgan fingerprint density at radius 1 is 1.19 bits per heavy atom. The first kappa shape index (κ1) is 11.0. The maximum absolute atomic E-state index is 11.5. The Morgan fingerprint density at radius 3 is 2.44 bits per heavy atom. The lowest BCUT2D eigenvalue weighted by Crippen LogP contribution is -2.32. The maximum atomic E-state index is 11.5. The number of carbonyl (C=O) groups excluding carboxylic acids is 2. The molecule has 86 valence electrons. The number of hydrogen-bond donors (Lipinski definition) is 0. The van der Waals surface area contributed by atoms with Gasteiger partial charge >= 0.3 is 0 Å². The third kappa shape index (κ3) is 1.67. The van der Waals surface area contributed by atoms with E-state index >= 15 is 0 Å². The highest BCUT2D eigenvalue weighted by molar-refractivity contribution is 5.97. The minimum absolute atomic E-state index is 0.0773. The quantitative estimate of drug-likeness (QED) is 0.691. The van der Waals surface area contributed by atoms with Gasteiger partial charge in [0.15, 0.2) is 17.4 Å². The number of ketones is 2. The Kier molecular flexibility index (Phi) is 2.63. The summed E-state index contributed by atoms with van der Waals surface area (Å²) in [4.78, 5) is 29.2. The number of likely N-dealkylation sites (N-methyl/N-ethyl adjacent to an activating group) is 1. The van der Waals surface area contributed by atoms with E-state index in [0.29, 0.717) is 18.1 Å². The Balaban J connectivity index is 2.57. The van der Waals surface area contributed by atoms with E-state index in [1.807, 2.05) is 11.6 Å². The molecule has 16 heavy (non-hydrogen) atoms. The van der Waals surface area contributed by atoms with Gasteiger partial charge in [0.2, 0.25) is 0 Å². The van der Waals surface area contributed by atoms with Crippen molar-refractivity contribution >= 4 is 11.6 Å². The molecule has 2 heterocycles. The van der Waals surface area contributed by atoms with E-state index < -0.39 is 0 Å². The summed E-state index contributed by atoms with van der Waals surface area (Å²) in [5.41, 5.74) is 1.31. The summed E-state index contributed by atoms with van der Waals surface area (Å²) < 4.78 is 1.87. The van der Waals surface area contributed by atoms with Crippen LogP contribution in [-0.4, -0.2) is 39.6 Å². The summed E-state index contributed by atoms with van der Waals surface area (Å²) in [6.45, 7) is 5.25. The van der Waals surface area contributed by atoms with Crippen molar-refractivity contribution in [2.45, 2.75) is 26.9 Å². The second kappa shape index (κ2) is 3.83. The third-order valence-corrected chi connectivity index (χ3v) is 2.85. The SMILES string of the molecule is CC(=O)c1nc(C(C)=O)n2c1CN(C)CC2. The van der Waals surface area contributed by atoms with E-state index in [2.05, 4.69) is 9.88 Å². The Hall–Kier alpha value is -1.49. The topological polar surface area (TPSA) is 55.2 Å². The lowest BCUT2D eigenvalue weighted by atomic mass is 10.2. The van der Waals surface area contributed by atoms with Crippen LogP contribution in [0.1, 0.15) is 40.6 Å². The molecule has 0 unspecified atom stereocenters. The lowest BCUT2D eigenvalue weighted by Gasteiger charge is -2.25. The van der Waals surface area contributed by atoms with Gasteiger partial charge in [-0.25, -0.2) is 4.98 Å². The molecule has 0 radical (unpaired) electrons. The summed E-state index contributed by atoms with van der Waals surface area (Å²) in [7, 11) is 1.99. The second-order valence-corrected chi connectivity index (χ2v) is 4.23. The van der Waals surface area contributed by atoms with Gasteiger partial charge in [0, 0.05) is 33.5 Å². The Morgan fingerprint density at radius 2 is 1.88 bits per heavy atom. The first-order valence-electron chi connectivity index (χ1n) is 5.30. The fourth-order valence-electron chi connectivity index (χ4n) is 2.04. The normalized spacial score (nSPS) is 15.9. The van der Waals surface area contributed by atoms with Crippen LogP contribution in [0.2, 0.25) is 0 Å². The number of rotatable bonds is 2. The number of carbonyl (C=O) groups is 2. The predicted octanol–water partition coefficient (Wildman–Crippen LogP) is 0.734. The van der Waals surface area contributed by atoms with E-state index in [9.17, 15) is 9.59 Å². The highest BCUT2D eigenvalue weighted by Gasteiger charge is 2.25. The van der Waals surface area contributed by atoms with Crippen LogP contribution in [0.5, 0.6) is 0 Å². The number of nitrogens with zero attached hydrogens (tertiary/aromatic N) is 3. The molecule has 2 rings (SSSR count). The monoisotopic (exact) mass is 221 g/mol. The van der Waals surface area contributed by atoms with E-state index in [4.69, 9.17) is 0 Å². The van der Waals surface area contributed by atoms with Crippen LogP contribution in [0.15, 0.2) is 0 Å². The van der Waals surface area contributed by atoms with E-state index in [-0.39, 0.29) is 11.6 Å². The van der Waals surface area contributed by atoms with Crippen molar-refractivity contribution in [1.29, 1.82) is 0 Å². The standard InChI is InChI=1S/C11H15N3O2/c1-7(15)10-9-6-13(3)4-5-14(9)11(12-10)8(2)16/h4-6H2,1-3H3. The molecule has 0 N–H and O–H groups in total. The summed E-state index contributed by atoms with van der Waals surface area (Å²) >= 11 is 0. The maximum Gasteiger partial charge on any atom is 0.195 e. The lowest BCUT2D eigenvalue weighted by molar-refractivity contribution is 0.0995. The first-order chi connectivity index (χ1) is 7.50. The van der Waals surface area contributed by atoms with Crippen molar-refractivity contribution in [2.75, 3.05) is 13.6 Å². The van der Waals surface area contributed by atoms with Crippen LogP contribution < -0.4 is 0 Å². The zero-order valence-electron chi connectivity index (χ0n) is 9.78. The molecule has 0 aromatic carbocycles. The van der Waals surface area contributed by atoms with Gasteiger partial charge in [-0.15, -0.1) is 0 Å². The van der Waals surface area contributed by atoms with Crippen molar-refractivity contribution in [1.82, 2.24) is 14.5 Å². The number of aromatic nitrogens is 2. The zero-order valence-corrected chi connectivity index (χ0v) is 9.78. The molecule has 0 aliphatic carbocycles. The minimum atomic E-state index is -0.0849. The van der Waals surface area contributed by atoms with Gasteiger partial charge in [-0.3, -0.25) is 14.5 Å². The summed E-state index contributed by atoms with van der Waals surface area (Å²) in [6, 6.07) is 0. The molecule has 1 aliphatic rings. The van der Waals surface area contributed by atoms with Gasteiger partial charge in [0.05, 0.1) is 5.69 Å². The average Bonchev–Trinajstić information content (AvgIpc) is 2.56. The number of Topliss-reactive ketones (excluding diaryl/α,β-unsaturated/α-hetero) is 2. The van der Waals surface area contributed by atoms with Crippen molar-refractivity contribution < 1.29 is 9.59 Å². The Bertz CT molecular complexity index is 462. The minimum Gasteiger partial charge on any atom is -0.322 e. The smallest absolute Gasteiger partial charge is 0.195 e. The van der Waals surface area contributed by atoms with Gasteiger partial charge in [0.1, 0.15) is 5.69 Å². The van der Waals surface area contributed by atoms with Gasteiger partial charge in [-0.1, -0.05) is 0 Å². The van der Waals surface area contributed by atoms with Gasteiger partial charge in [-0.2, -0.15) is 0 Å². The predicted molar refractivity (Wildman–Crippen MR) is 58.6 cm³/mol. The van der Waals surface area contributed by atoms with Gasteiger partial charge in [0.25, 0.3) is 0 Å².